The SMILES string of the molecule is Cc1csc(NC=C2C(=O)OC(C)(C)OC2=O)n1. The molecule has 7 heteroatoms. The molecule has 18 heavy (non-hydrogen) atoms. The van der Waals surface area contributed by atoms with Gasteiger partial charge >= 0.3 is 11.9 Å². The zero-order valence-corrected chi connectivity index (χ0v) is 11.0. The average Bonchev–Trinajstić information content (AvgIpc) is 2.61. The van der Waals surface area contributed by atoms with Gasteiger partial charge in [-0.05, 0) is 6.92 Å². The van der Waals surface area contributed by atoms with Gasteiger partial charge in [0, 0.05) is 25.4 Å². The summed E-state index contributed by atoms with van der Waals surface area (Å²) in [6.07, 6.45) is 1.25. The molecular formula is C11H12N2O4S. The highest BCUT2D eigenvalue weighted by atomic mass is 32.1. The predicted octanol–water partition coefficient (Wildman–Crippen LogP) is 1.58. The van der Waals surface area contributed by atoms with Crippen molar-refractivity contribution in [3.8, 4) is 0 Å². The van der Waals surface area contributed by atoms with E-state index in [2.05, 4.69) is 10.3 Å². The first-order valence-corrected chi connectivity index (χ1v) is 6.11. The highest BCUT2D eigenvalue weighted by molar-refractivity contribution is 7.13. The van der Waals surface area contributed by atoms with Crippen LogP contribution in [-0.4, -0.2) is 22.7 Å². The Balaban J connectivity index is 2.13. The van der Waals surface area contributed by atoms with Crippen molar-refractivity contribution in [2.45, 2.75) is 26.6 Å². The standard InChI is InChI=1S/C11H12N2O4S/c1-6-5-18-10(13-6)12-4-7-8(14)16-11(2,3)17-9(7)15/h4-5H,1-3H3,(H,12,13). The molecule has 1 N–H and O–H groups in total. The third kappa shape index (κ3) is 2.67. The fraction of sp³-hybridized carbons (Fsp3) is 0.364. The molecule has 2 heterocycles. The van der Waals surface area contributed by atoms with Crippen molar-refractivity contribution in [2.75, 3.05) is 5.32 Å². The number of ether oxygens (including phenoxy) is 2. The molecule has 0 atom stereocenters. The summed E-state index contributed by atoms with van der Waals surface area (Å²) in [5.74, 6) is -2.64. The number of carbonyl (C=O) groups excluding carboxylic acids is 2. The van der Waals surface area contributed by atoms with Crippen molar-refractivity contribution < 1.29 is 19.1 Å². The third-order valence-electron chi connectivity index (χ3n) is 2.08. The summed E-state index contributed by atoms with van der Waals surface area (Å²) in [5, 5.41) is 5.20. The Morgan fingerprint density at radius 2 is 1.94 bits per heavy atom. The van der Waals surface area contributed by atoms with E-state index in [1.165, 1.54) is 31.4 Å². The zero-order valence-electron chi connectivity index (χ0n) is 10.1. The molecule has 0 saturated carbocycles. The Bertz CT molecular complexity index is 511. The van der Waals surface area contributed by atoms with Crippen LogP contribution in [0, 0.1) is 6.92 Å². The molecule has 0 unspecified atom stereocenters. The van der Waals surface area contributed by atoms with E-state index in [0.29, 0.717) is 5.13 Å². The van der Waals surface area contributed by atoms with E-state index in [0.717, 1.165) is 5.69 Å². The largest absolute Gasteiger partial charge is 0.419 e. The molecule has 0 bridgehead atoms. The molecule has 0 aromatic carbocycles. The Hall–Kier alpha value is -1.89. The van der Waals surface area contributed by atoms with Gasteiger partial charge in [-0.1, -0.05) is 0 Å². The molecule has 96 valence electrons. The first-order valence-electron chi connectivity index (χ1n) is 5.23. The molecule has 1 aromatic heterocycles. The summed E-state index contributed by atoms with van der Waals surface area (Å²) in [5.41, 5.74) is 0.679. The van der Waals surface area contributed by atoms with Crippen molar-refractivity contribution in [1.82, 2.24) is 4.98 Å². The maximum Gasteiger partial charge on any atom is 0.350 e. The number of hydrogen-bond acceptors (Lipinski definition) is 7. The van der Waals surface area contributed by atoms with Crippen molar-refractivity contribution in [2.24, 2.45) is 0 Å². The lowest BCUT2D eigenvalue weighted by atomic mass is 10.2. The number of thiazole rings is 1. The molecule has 0 radical (unpaired) electrons. The van der Waals surface area contributed by atoms with Crippen molar-refractivity contribution in [3.05, 3.63) is 22.8 Å². The molecule has 1 aliphatic rings. The molecule has 2 rings (SSSR count). The quantitative estimate of drug-likeness (QED) is 0.498. The molecule has 6 nitrogen and oxygen atoms in total. The third-order valence-corrected chi connectivity index (χ3v) is 2.97. The summed E-state index contributed by atoms with van der Waals surface area (Å²) < 4.78 is 9.89. The number of nitrogens with one attached hydrogen (secondary N) is 1. The van der Waals surface area contributed by atoms with Crippen molar-refractivity contribution >= 4 is 28.4 Å². The van der Waals surface area contributed by atoms with Gasteiger partial charge in [-0.3, -0.25) is 0 Å². The summed E-state index contributed by atoms with van der Waals surface area (Å²) in [6.45, 7) is 4.84. The number of cyclic esters (lactones) is 2. The van der Waals surface area contributed by atoms with Gasteiger partial charge in [-0.2, -0.15) is 0 Å². The lowest BCUT2D eigenvalue weighted by molar-refractivity contribution is -0.222. The van der Waals surface area contributed by atoms with E-state index >= 15 is 0 Å². The van der Waals surface area contributed by atoms with E-state index in [1.807, 2.05) is 12.3 Å². The van der Waals surface area contributed by atoms with Gasteiger partial charge in [0.05, 0.1) is 5.69 Å². The first kappa shape index (κ1) is 12.6. The van der Waals surface area contributed by atoms with E-state index in [1.54, 1.807) is 0 Å². The summed E-state index contributed by atoms with van der Waals surface area (Å²) in [6, 6.07) is 0. The Labute approximate surface area is 108 Å². The summed E-state index contributed by atoms with van der Waals surface area (Å²) in [7, 11) is 0. The second kappa shape index (κ2) is 4.41. The number of aryl methyl sites for hydroxylation is 1. The van der Waals surface area contributed by atoms with Gasteiger partial charge < -0.3 is 14.8 Å². The van der Waals surface area contributed by atoms with Gasteiger partial charge in [0.25, 0.3) is 5.79 Å². The number of rotatable bonds is 2. The maximum absolute atomic E-state index is 11.6. The van der Waals surface area contributed by atoms with Crippen LogP contribution in [-0.2, 0) is 19.1 Å². The second-order valence-electron chi connectivity index (χ2n) is 4.18. The molecule has 1 saturated heterocycles. The molecule has 1 fully saturated rings. The van der Waals surface area contributed by atoms with Crippen LogP contribution in [0.15, 0.2) is 17.2 Å². The van der Waals surface area contributed by atoms with Crippen LogP contribution >= 0.6 is 11.3 Å². The van der Waals surface area contributed by atoms with Crippen LogP contribution in [0.2, 0.25) is 0 Å². The molecular weight excluding hydrogens is 256 g/mol. The van der Waals surface area contributed by atoms with Crippen molar-refractivity contribution in [1.29, 1.82) is 0 Å². The van der Waals surface area contributed by atoms with Crippen LogP contribution in [0.5, 0.6) is 0 Å². The number of hydrogen-bond donors (Lipinski definition) is 1. The molecule has 0 aliphatic carbocycles. The summed E-state index contributed by atoms with van der Waals surface area (Å²) >= 11 is 1.37. The summed E-state index contributed by atoms with van der Waals surface area (Å²) in [4.78, 5) is 27.3. The minimum atomic E-state index is -1.22. The number of anilines is 1. The highest BCUT2D eigenvalue weighted by Crippen LogP contribution is 2.23. The number of aromatic nitrogens is 1. The smallest absolute Gasteiger partial charge is 0.350 e. The lowest BCUT2D eigenvalue weighted by Crippen LogP contribution is -2.42. The number of nitrogens with zero attached hydrogens (tertiary/aromatic N) is 1. The topological polar surface area (TPSA) is 77.5 Å². The number of esters is 2. The van der Waals surface area contributed by atoms with Crippen LogP contribution in [0.4, 0.5) is 5.13 Å². The minimum Gasteiger partial charge on any atom is -0.419 e. The van der Waals surface area contributed by atoms with Crippen molar-refractivity contribution in [3.63, 3.8) is 0 Å². The van der Waals surface area contributed by atoms with Gasteiger partial charge in [-0.15, -0.1) is 11.3 Å². The fourth-order valence-corrected chi connectivity index (χ4v) is 1.99. The maximum atomic E-state index is 11.6. The first-order chi connectivity index (χ1) is 8.37. The van der Waals surface area contributed by atoms with E-state index in [9.17, 15) is 9.59 Å². The van der Waals surface area contributed by atoms with Gasteiger partial charge in [0.15, 0.2) is 10.7 Å². The normalized spacial score (nSPS) is 18.1. The van der Waals surface area contributed by atoms with Gasteiger partial charge in [0.2, 0.25) is 0 Å². The Kier molecular flexibility index (Phi) is 3.08. The molecule has 0 amide bonds. The zero-order chi connectivity index (χ0) is 13.3. The van der Waals surface area contributed by atoms with Crippen LogP contribution in [0.3, 0.4) is 0 Å². The lowest BCUT2D eigenvalue weighted by Gasteiger charge is -2.29. The van der Waals surface area contributed by atoms with Gasteiger partial charge in [0.1, 0.15) is 0 Å². The van der Waals surface area contributed by atoms with Crippen LogP contribution in [0.25, 0.3) is 0 Å². The highest BCUT2D eigenvalue weighted by Gasteiger charge is 2.38. The van der Waals surface area contributed by atoms with Crippen LogP contribution in [0.1, 0.15) is 19.5 Å². The van der Waals surface area contributed by atoms with Crippen LogP contribution < -0.4 is 5.32 Å². The molecule has 1 aromatic rings. The monoisotopic (exact) mass is 268 g/mol. The second-order valence-corrected chi connectivity index (χ2v) is 5.03. The fourth-order valence-electron chi connectivity index (χ4n) is 1.33. The molecule has 1 aliphatic heterocycles. The average molecular weight is 268 g/mol. The van der Waals surface area contributed by atoms with E-state index < -0.39 is 17.7 Å². The predicted molar refractivity (Wildman–Crippen MR) is 64.8 cm³/mol. The Morgan fingerprint density at radius 3 is 2.44 bits per heavy atom. The minimum absolute atomic E-state index is 0.179. The van der Waals surface area contributed by atoms with Gasteiger partial charge in [-0.25, -0.2) is 14.6 Å². The molecule has 0 spiro atoms. The number of carbonyl (C=O) groups is 2. The van der Waals surface area contributed by atoms with E-state index in [-0.39, 0.29) is 5.57 Å². The Morgan fingerprint density at radius 1 is 1.33 bits per heavy atom. The van der Waals surface area contributed by atoms with E-state index in [4.69, 9.17) is 9.47 Å².